The van der Waals surface area contributed by atoms with Crippen LogP contribution in [0.1, 0.15) is 51.0 Å². The van der Waals surface area contributed by atoms with Gasteiger partial charge in [-0.3, -0.25) is 0 Å². The van der Waals surface area contributed by atoms with Crippen molar-refractivity contribution in [1.82, 2.24) is 4.72 Å². The van der Waals surface area contributed by atoms with Crippen molar-refractivity contribution >= 4 is 10.0 Å². The first-order chi connectivity index (χ1) is 10.5. The van der Waals surface area contributed by atoms with Gasteiger partial charge < -0.3 is 5.11 Å². The van der Waals surface area contributed by atoms with E-state index in [4.69, 9.17) is 0 Å². The lowest BCUT2D eigenvalue weighted by molar-refractivity contribution is 0.0888. The largest absolute Gasteiger partial charge is 0.391 e. The molecule has 0 bridgehead atoms. The lowest BCUT2D eigenvalue weighted by atomic mass is 9.85. The Bertz CT molecular complexity index is 548. The highest BCUT2D eigenvalue weighted by Gasteiger charge is 2.23. The maximum Gasteiger partial charge on any atom is 0.240 e. The first-order valence-corrected chi connectivity index (χ1v) is 9.78. The number of benzene rings is 1. The number of aliphatic hydroxyl groups is 1. The van der Waals surface area contributed by atoms with Crippen LogP contribution in [0.4, 0.5) is 0 Å². The number of hydrogen-bond donors (Lipinski definition) is 2. The van der Waals surface area contributed by atoms with Crippen molar-refractivity contribution in [2.45, 2.75) is 62.9 Å². The molecule has 1 aromatic rings. The monoisotopic (exact) mass is 325 g/mol. The number of nitrogens with one attached hydrogen (secondary N) is 1. The van der Waals surface area contributed by atoms with E-state index in [1.54, 1.807) is 12.1 Å². The lowest BCUT2D eigenvalue weighted by Gasteiger charge is -2.26. The maximum atomic E-state index is 12.3. The van der Waals surface area contributed by atoms with E-state index in [0.717, 1.165) is 44.1 Å². The van der Waals surface area contributed by atoms with Crippen molar-refractivity contribution in [3.8, 4) is 0 Å². The Morgan fingerprint density at radius 1 is 1.18 bits per heavy atom. The molecule has 1 aliphatic carbocycles. The normalized spacial score (nSPS) is 18.3. The fraction of sp³-hybridized carbons (Fsp3) is 0.647. The van der Waals surface area contributed by atoms with Crippen molar-refractivity contribution < 1.29 is 13.5 Å². The summed E-state index contributed by atoms with van der Waals surface area (Å²) < 4.78 is 27.1. The van der Waals surface area contributed by atoms with Gasteiger partial charge in [-0.05, 0) is 42.9 Å². The molecule has 1 atom stereocenters. The Labute approximate surface area is 134 Å². The molecule has 2 rings (SSSR count). The zero-order chi connectivity index (χ0) is 16.0. The summed E-state index contributed by atoms with van der Waals surface area (Å²) in [6.07, 6.45) is 6.88. The Morgan fingerprint density at radius 2 is 1.82 bits per heavy atom. The highest BCUT2D eigenvalue weighted by molar-refractivity contribution is 7.89. The predicted octanol–water partition coefficient (Wildman–Crippen LogP) is 2.86. The topological polar surface area (TPSA) is 66.4 Å². The van der Waals surface area contributed by atoms with Crippen LogP contribution in [-0.2, 0) is 16.4 Å². The van der Waals surface area contributed by atoms with Crippen LogP contribution in [0.3, 0.4) is 0 Å². The molecule has 0 radical (unpaired) electrons. The lowest BCUT2D eigenvalue weighted by Crippen LogP contribution is -2.37. The second-order valence-electron chi connectivity index (χ2n) is 6.21. The molecule has 0 spiro atoms. The van der Waals surface area contributed by atoms with Gasteiger partial charge in [0.15, 0.2) is 0 Å². The minimum Gasteiger partial charge on any atom is -0.391 e. The zero-order valence-electron chi connectivity index (χ0n) is 13.3. The zero-order valence-corrected chi connectivity index (χ0v) is 14.1. The molecule has 1 fully saturated rings. The third-order valence-electron chi connectivity index (χ3n) is 4.45. The molecule has 2 N–H and O–H groups in total. The van der Waals surface area contributed by atoms with Crippen molar-refractivity contribution in [3.63, 3.8) is 0 Å². The number of aliphatic hydroxyl groups excluding tert-OH is 1. The van der Waals surface area contributed by atoms with Crippen LogP contribution in [0.25, 0.3) is 0 Å². The fourth-order valence-electron chi connectivity index (χ4n) is 3.09. The molecular formula is C17H27NO3S. The Balaban J connectivity index is 1.92. The van der Waals surface area contributed by atoms with E-state index in [1.165, 1.54) is 6.42 Å². The van der Waals surface area contributed by atoms with Crippen LogP contribution in [0.5, 0.6) is 0 Å². The highest BCUT2D eigenvalue weighted by atomic mass is 32.2. The molecule has 1 aromatic carbocycles. The standard InChI is InChI=1S/C17H27NO3S/c1-2-6-14-9-11-16(12-10-14)22(20,21)18-13-17(19)15-7-4-3-5-8-15/h9-12,15,17-19H,2-8,13H2,1H3. The Morgan fingerprint density at radius 3 is 2.41 bits per heavy atom. The van der Waals surface area contributed by atoms with E-state index in [9.17, 15) is 13.5 Å². The van der Waals surface area contributed by atoms with Gasteiger partial charge in [0.05, 0.1) is 11.0 Å². The van der Waals surface area contributed by atoms with Crippen LogP contribution >= 0.6 is 0 Å². The molecule has 1 aliphatic rings. The number of hydrogen-bond acceptors (Lipinski definition) is 3. The maximum absolute atomic E-state index is 12.3. The summed E-state index contributed by atoms with van der Waals surface area (Å²) >= 11 is 0. The van der Waals surface area contributed by atoms with Crippen LogP contribution in [0, 0.1) is 5.92 Å². The first kappa shape index (κ1) is 17.4. The molecule has 0 amide bonds. The summed E-state index contributed by atoms with van der Waals surface area (Å²) in [6.45, 7) is 2.20. The van der Waals surface area contributed by atoms with Gasteiger partial charge in [0.1, 0.15) is 0 Å². The van der Waals surface area contributed by atoms with Crippen LogP contribution in [-0.4, -0.2) is 26.2 Å². The van der Waals surface area contributed by atoms with Gasteiger partial charge in [0.25, 0.3) is 0 Å². The van der Waals surface area contributed by atoms with E-state index in [1.807, 2.05) is 12.1 Å². The van der Waals surface area contributed by atoms with Gasteiger partial charge in [0, 0.05) is 6.54 Å². The molecule has 0 aliphatic heterocycles. The summed E-state index contributed by atoms with van der Waals surface area (Å²) in [4.78, 5) is 0.267. The molecule has 124 valence electrons. The van der Waals surface area contributed by atoms with Gasteiger partial charge in [-0.25, -0.2) is 13.1 Å². The van der Waals surface area contributed by atoms with Gasteiger partial charge in [-0.2, -0.15) is 0 Å². The van der Waals surface area contributed by atoms with Gasteiger partial charge in [0.2, 0.25) is 10.0 Å². The molecule has 4 nitrogen and oxygen atoms in total. The third kappa shape index (κ3) is 4.80. The highest BCUT2D eigenvalue weighted by Crippen LogP contribution is 2.26. The summed E-state index contributed by atoms with van der Waals surface area (Å²) in [5, 5.41) is 10.2. The van der Waals surface area contributed by atoms with E-state index in [0.29, 0.717) is 0 Å². The second kappa shape index (κ2) is 8.09. The van der Waals surface area contributed by atoms with Crippen LogP contribution in [0.2, 0.25) is 0 Å². The summed E-state index contributed by atoms with van der Waals surface area (Å²) in [5.74, 6) is 0.225. The average Bonchev–Trinajstić information content (AvgIpc) is 2.54. The molecule has 1 saturated carbocycles. The Kier molecular flexibility index (Phi) is 6.41. The van der Waals surface area contributed by atoms with E-state index < -0.39 is 16.1 Å². The van der Waals surface area contributed by atoms with Gasteiger partial charge >= 0.3 is 0 Å². The minimum atomic E-state index is -3.54. The molecule has 0 heterocycles. The van der Waals surface area contributed by atoms with Crippen molar-refractivity contribution in [3.05, 3.63) is 29.8 Å². The second-order valence-corrected chi connectivity index (χ2v) is 7.98. The Hall–Kier alpha value is -0.910. The molecular weight excluding hydrogens is 298 g/mol. The molecule has 0 aromatic heterocycles. The quantitative estimate of drug-likeness (QED) is 0.810. The molecule has 22 heavy (non-hydrogen) atoms. The van der Waals surface area contributed by atoms with Gasteiger partial charge in [-0.1, -0.05) is 44.7 Å². The SMILES string of the molecule is CCCc1ccc(S(=O)(=O)NCC(O)C2CCCCC2)cc1. The van der Waals surface area contributed by atoms with Crippen LogP contribution in [0.15, 0.2) is 29.2 Å². The summed E-state index contributed by atoms with van der Waals surface area (Å²) in [5.41, 5.74) is 1.14. The molecule has 0 saturated heterocycles. The summed E-state index contributed by atoms with van der Waals surface area (Å²) in [6, 6.07) is 6.99. The molecule has 1 unspecified atom stereocenters. The van der Waals surface area contributed by atoms with E-state index in [-0.39, 0.29) is 17.4 Å². The minimum absolute atomic E-state index is 0.101. The smallest absolute Gasteiger partial charge is 0.240 e. The first-order valence-electron chi connectivity index (χ1n) is 8.29. The number of sulfonamides is 1. The number of aryl methyl sites for hydroxylation is 1. The van der Waals surface area contributed by atoms with Crippen molar-refractivity contribution in [2.75, 3.05) is 6.54 Å². The predicted molar refractivity (Wildman–Crippen MR) is 88.2 cm³/mol. The van der Waals surface area contributed by atoms with E-state index in [2.05, 4.69) is 11.6 Å². The van der Waals surface area contributed by atoms with E-state index >= 15 is 0 Å². The van der Waals surface area contributed by atoms with Crippen LogP contribution < -0.4 is 4.72 Å². The summed E-state index contributed by atoms with van der Waals surface area (Å²) in [7, 11) is -3.54. The van der Waals surface area contributed by atoms with Crippen molar-refractivity contribution in [1.29, 1.82) is 0 Å². The van der Waals surface area contributed by atoms with Gasteiger partial charge in [-0.15, -0.1) is 0 Å². The third-order valence-corrected chi connectivity index (χ3v) is 5.89. The number of rotatable bonds is 7. The molecule has 5 heteroatoms. The fourth-order valence-corrected chi connectivity index (χ4v) is 4.14. The average molecular weight is 325 g/mol. The van der Waals surface area contributed by atoms with Crippen molar-refractivity contribution in [2.24, 2.45) is 5.92 Å².